The number of benzene rings is 2. The third kappa shape index (κ3) is 3.57. The second kappa shape index (κ2) is 6.47. The number of hydrogen-bond donors (Lipinski definition) is 1. The van der Waals surface area contributed by atoms with Gasteiger partial charge in [0.15, 0.2) is 5.78 Å². The Hall–Kier alpha value is -3.02. The van der Waals surface area contributed by atoms with E-state index in [1.54, 1.807) is 36.4 Å². The van der Waals surface area contributed by atoms with Crippen LogP contribution >= 0.6 is 0 Å². The standard InChI is InChI=1S/C19H19NO5/c1-19(11-24-14-6-4-13(20)5-7-14)10-16(21)15-9-12(18(22)23-2)3-8-17(15)25-19/h3-9H,10-11,20H2,1-2H3. The van der Waals surface area contributed by atoms with Crippen LogP contribution in [-0.2, 0) is 4.74 Å². The summed E-state index contributed by atoms with van der Waals surface area (Å²) in [5, 5.41) is 0. The van der Waals surface area contributed by atoms with Crippen LogP contribution in [0.2, 0.25) is 0 Å². The number of ether oxygens (including phenoxy) is 3. The molecule has 3 rings (SSSR count). The van der Waals surface area contributed by atoms with Crippen molar-refractivity contribution in [2.75, 3.05) is 19.5 Å². The van der Waals surface area contributed by atoms with Gasteiger partial charge in [-0.05, 0) is 49.4 Å². The summed E-state index contributed by atoms with van der Waals surface area (Å²) in [6.45, 7) is 2.03. The van der Waals surface area contributed by atoms with E-state index in [0.29, 0.717) is 28.3 Å². The molecule has 0 amide bonds. The number of anilines is 1. The maximum atomic E-state index is 12.5. The van der Waals surface area contributed by atoms with E-state index in [9.17, 15) is 9.59 Å². The molecular formula is C19H19NO5. The monoisotopic (exact) mass is 341 g/mol. The Morgan fingerprint density at radius 2 is 1.96 bits per heavy atom. The van der Waals surface area contributed by atoms with Crippen molar-refractivity contribution < 1.29 is 23.8 Å². The van der Waals surface area contributed by atoms with Crippen LogP contribution < -0.4 is 15.2 Å². The Kier molecular flexibility index (Phi) is 4.35. The van der Waals surface area contributed by atoms with E-state index in [1.807, 2.05) is 6.92 Å². The summed E-state index contributed by atoms with van der Waals surface area (Å²) < 4.78 is 16.4. The topological polar surface area (TPSA) is 87.9 Å². The number of carbonyl (C=O) groups excluding carboxylic acids is 2. The number of hydrogen-bond acceptors (Lipinski definition) is 6. The lowest BCUT2D eigenvalue weighted by Gasteiger charge is -2.34. The van der Waals surface area contributed by atoms with E-state index in [0.717, 1.165) is 0 Å². The van der Waals surface area contributed by atoms with Crippen LogP contribution in [0.1, 0.15) is 34.1 Å². The van der Waals surface area contributed by atoms with Crippen LogP contribution in [0.5, 0.6) is 11.5 Å². The predicted octanol–water partition coefficient (Wildman–Crippen LogP) is 2.86. The minimum atomic E-state index is -0.793. The van der Waals surface area contributed by atoms with Crippen molar-refractivity contribution in [2.24, 2.45) is 0 Å². The Morgan fingerprint density at radius 3 is 2.64 bits per heavy atom. The molecule has 0 saturated heterocycles. The summed E-state index contributed by atoms with van der Waals surface area (Å²) in [7, 11) is 1.30. The Bertz CT molecular complexity index is 815. The average Bonchev–Trinajstić information content (AvgIpc) is 2.60. The number of carbonyl (C=O) groups is 2. The summed E-state index contributed by atoms with van der Waals surface area (Å²) in [4.78, 5) is 24.1. The SMILES string of the molecule is COC(=O)c1ccc2c(c1)C(=O)CC(C)(COc1ccc(N)cc1)O2. The van der Waals surface area contributed by atoms with Crippen LogP contribution in [0.15, 0.2) is 42.5 Å². The van der Waals surface area contributed by atoms with E-state index in [-0.39, 0.29) is 18.8 Å². The number of ketones is 1. The lowest BCUT2D eigenvalue weighted by atomic mass is 9.91. The number of Topliss-reactive ketones (excluding diaryl/α,β-unsaturated/α-hetero) is 1. The van der Waals surface area contributed by atoms with Gasteiger partial charge in [0.25, 0.3) is 0 Å². The molecule has 0 spiro atoms. The maximum Gasteiger partial charge on any atom is 0.337 e. The van der Waals surface area contributed by atoms with Gasteiger partial charge in [-0.1, -0.05) is 0 Å². The molecule has 0 aliphatic carbocycles. The highest BCUT2D eigenvalue weighted by Gasteiger charge is 2.37. The molecule has 2 aromatic carbocycles. The van der Waals surface area contributed by atoms with Gasteiger partial charge in [0, 0.05) is 5.69 Å². The second-order valence-electron chi connectivity index (χ2n) is 6.21. The Balaban J connectivity index is 1.76. The van der Waals surface area contributed by atoms with Crippen molar-refractivity contribution in [3.8, 4) is 11.5 Å². The molecule has 1 aliphatic rings. The number of methoxy groups -OCH3 is 1. The average molecular weight is 341 g/mol. The van der Waals surface area contributed by atoms with Gasteiger partial charge in [0.1, 0.15) is 23.7 Å². The van der Waals surface area contributed by atoms with Crippen LogP contribution in [0.25, 0.3) is 0 Å². The van der Waals surface area contributed by atoms with Crippen molar-refractivity contribution >= 4 is 17.4 Å². The van der Waals surface area contributed by atoms with E-state index >= 15 is 0 Å². The highest BCUT2D eigenvalue weighted by Crippen LogP contribution is 2.34. The van der Waals surface area contributed by atoms with Crippen LogP contribution in [0, 0.1) is 0 Å². The number of nitrogens with two attached hydrogens (primary N) is 1. The quantitative estimate of drug-likeness (QED) is 0.679. The maximum absolute atomic E-state index is 12.5. The van der Waals surface area contributed by atoms with Gasteiger partial charge >= 0.3 is 5.97 Å². The first kappa shape index (κ1) is 16.8. The zero-order valence-electron chi connectivity index (χ0n) is 14.1. The number of fused-ring (bicyclic) bond motifs is 1. The molecule has 6 nitrogen and oxygen atoms in total. The summed E-state index contributed by atoms with van der Waals surface area (Å²) in [6.07, 6.45) is 0.152. The van der Waals surface area contributed by atoms with Crippen molar-refractivity contribution in [3.63, 3.8) is 0 Å². The molecule has 1 heterocycles. The predicted molar refractivity (Wildman–Crippen MR) is 92.1 cm³/mol. The lowest BCUT2D eigenvalue weighted by molar-refractivity contribution is 0.0190. The fourth-order valence-electron chi connectivity index (χ4n) is 2.70. The van der Waals surface area contributed by atoms with E-state index in [1.165, 1.54) is 13.2 Å². The largest absolute Gasteiger partial charge is 0.489 e. The molecule has 25 heavy (non-hydrogen) atoms. The zero-order chi connectivity index (χ0) is 18.0. The minimum Gasteiger partial charge on any atom is -0.489 e. The fourth-order valence-corrected chi connectivity index (χ4v) is 2.70. The summed E-state index contributed by atoms with van der Waals surface area (Å²) >= 11 is 0. The summed E-state index contributed by atoms with van der Waals surface area (Å²) in [5.41, 5.74) is 6.21. The molecule has 0 fully saturated rings. The fraction of sp³-hybridized carbons (Fsp3) is 0.263. The summed E-state index contributed by atoms with van der Waals surface area (Å²) in [6, 6.07) is 11.7. The first-order valence-corrected chi connectivity index (χ1v) is 7.83. The van der Waals surface area contributed by atoms with E-state index < -0.39 is 11.6 Å². The van der Waals surface area contributed by atoms with Crippen LogP contribution in [0.3, 0.4) is 0 Å². The van der Waals surface area contributed by atoms with Crippen LogP contribution in [-0.4, -0.2) is 31.1 Å². The number of nitrogen functional groups attached to an aromatic ring is 1. The van der Waals surface area contributed by atoms with Gasteiger partial charge < -0.3 is 19.9 Å². The Morgan fingerprint density at radius 1 is 1.24 bits per heavy atom. The molecule has 0 bridgehead atoms. The highest BCUT2D eigenvalue weighted by molar-refractivity contribution is 6.02. The molecule has 1 unspecified atom stereocenters. The van der Waals surface area contributed by atoms with Gasteiger partial charge in [0.2, 0.25) is 0 Å². The van der Waals surface area contributed by atoms with E-state index in [4.69, 9.17) is 15.2 Å². The molecule has 1 atom stereocenters. The molecule has 130 valence electrons. The minimum absolute atomic E-state index is 0.101. The second-order valence-corrected chi connectivity index (χ2v) is 6.21. The Labute approximate surface area is 145 Å². The van der Waals surface area contributed by atoms with Crippen molar-refractivity contribution in [3.05, 3.63) is 53.6 Å². The molecule has 2 aromatic rings. The molecular weight excluding hydrogens is 322 g/mol. The third-order valence-corrected chi connectivity index (χ3v) is 4.02. The van der Waals surface area contributed by atoms with Gasteiger partial charge in [-0.3, -0.25) is 4.79 Å². The summed E-state index contributed by atoms with van der Waals surface area (Å²) in [5.74, 6) is 0.497. The van der Waals surface area contributed by atoms with Gasteiger partial charge in [-0.15, -0.1) is 0 Å². The molecule has 6 heteroatoms. The number of esters is 1. The molecule has 0 aromatic heterocycles. The zero-order valence-corrected chi connectivity index (χ0v) is 14.1. The number of rotatable bonds is 4. The normalized spacial score (nSPS) is 18.9. The van der Waals surface area contributed by atoms with Gasteiger partial charge in [0.05, 0.1) is 24.7 Å². The molecule has 2 N–H and O–H groups in total. The van der Waals surface area contributed by atoms with Crippen molar-refractivity contribution in [2.45, 2.75) is 18.9 Å². The van der Waals surface area contributed by atoms with Gasteiger partial charge in [-0.25, -0.2) is 4.79 Å². The first-order chi connectivity index (χ1) is 11.9. The third-order valence-electron chi connectivity index (χ3n) is 4.02. The highest BCUT2D eigenvalue weighted by atomic mass is 16.5. The van der Waals surface area contributed by atoms with Gasteiger partial charge in [-0.2, -0.15) is 0 Å². The first-order valence-electron chi connectivity index (χ1n) is 7.83. The van der Waals surface area contributed by atoms with Crippen LogP contribution in [0.4, 0.5) is 5.69 Å². The molecule has 0 radical (unpaired) electrons. The van der Waals surface area contributed by atoms with E-state index in [2.05, 4.69) is 4.74 Å². The molecule has 1 aliphatic heterocycles. The van der Waals surface area contributed by atoms with Crippen molar-refractivity contribution in [1.82, 2.24) is 0 Å². The molecule has 0 saturated carbocycles. The smallest absolute Gasteiger partial charge is 0.337 e. The van der Waals surface area contributed by atoms with Crippen molar-refractivity contribution in [1.29, 1.82) is 0 Å². The lowest BCUT2D eigenvalue weighted by Crippen LogP contribution is -2.44.